The molecule has 1 N–H and O–H groups in total. The molecule has 0 atom stereocenters. The zero-order chi connectivity index (χ0) is 12.3. The average Bonchev–Trinajstić information content (AvgIpc) is 2.88. The third kappa shape index (κ3) is 3.06. The van der Waals surface area contributed by atoms with Crippen molar-refractivity contribution in [3.05, 3.63) is 0 Å². The van der Waals surface area contributed by atoms with Crippen LogP contribution in [0, 0.1) is 5.92 Å². The van der Waals surface area contributed by atoms with E-state index in [-0.39, 0.29) is 5.79 Å². The molecule has 0 bridgehead atoms. The van der Waals surface area contributed by atoms with Crippen LogP contribution in [0.25, 0.3) is 0 Å². The van der Waals surface area contributed by atoms with Crippen molar-refractivity contribution >= 4 is 0 Å². The van der Waals surface area contributed by atoms with E-state index < -0.39 is 0 Å². The number of ether oxygens (including phenoxy) is 2. The summed E-state index contributed by atoms with van der Waals surface area (Å²) < 4.78 is 11.5. The number of rotatable bonds is 3. The number of nitrogens with one attached hydrogen (secondary N) is 1. The summed E-state index contributed by atoms with van der Waals surface area (Å²) in [6.07, 6.45) is 11.8. The molecule has 3 fully saturated rings. The lowest BCUT2D eigenvalue weighted by Gasteiger charge is -2.36. The predicted octanol–water partition coefficient (Wildman–Crippen LogP) is 2.84. The lowest BCUT2D eigenvalue weighted by Crippen LogP contribution is -2.43. The van der Waals surface area contributed by atoms with E-state index in [4.69, 9.17) is 9.47 Å². The maximum Gasteiger partial charge on any atom is 0.168 e. The van der Waals surface area contributed by atoms with Gasteiger partial charge in [-0.3, -0.25) is 0 Å². The Morgan fingerprint density at radius 1 is 0.889 bits per heavy atom. The number of hydrogen-bond donors (Lipinski definition) is 1. The quantitative estimate of drug-likeness (QED) is 0.839. The monoisotopic (exact) mass is 253 g/mol. The van der Waals surface area contributed by atoms with E-state index in [0.717, 1.165) is 32.0 Å². The normalized spacial score (nSPS) is 30.0. The lowest BCUT2D eigenvalue weighted by molar-refractivity contribution is -0.179. The molecule has 3 heteroatoms. The van der Waals surface area contributed by atoms with Gasteiger partial charge in [-0.15, -0.1) is 0 Å². The van der Waals surface area contributed by atoms with Crippen LogP contribution in [-0.2, 0) is 9.47 Å². The van der Waals surface area contributed by atoms with Gasteiger partial charge in [-0.1, -0.05) is 19.3 Å². The van der Waals surface area contributed by atoms with E-state index in [2.05, 4.69) is 5.32 Å². The minimum atomic E-state index is -0.191. The van der Waals surface area contributed by atoms with Gasteiger partial charge in [0.15, 0.2) is 5.79 Å². The zero-order valence-corrected chi connectivity index (χ0v) is 11.5. The molecule has 1 aliphatic heterocycles. The van der Waals surface area contributed by atoms with Gasteiger partial charge in [0.05, 0.1) is 13.2 Å². The lowest BCUT2D eigenvalue weighted by atomic mass is 9.87. The van der Waals surface area contributed by atoms with Crippen molar-refractivity contribution in [2.45, 2.75) is 69.6 Å². The Bertz CT molecular complexity index is 247. The van der Waals surface area contributed by atoms with Crippen molar-refractivity contribution in [3.8, 4) is 0 Å². The molecule has 1 heterocycles. The molecule has 0 aromatic rings. The van der Waals surface area contributed by atoms with Gasteiger partial charge in [-0.25, -0.2) is 0 Å². The molecule has 2 aliphatic carbocycles. The summed E-state index contributed by atoms with van der Waals surface area (Å²) in [4.78, 5) is 0. The summed E-state index contributed by atoms with van der Waals surface area (Å²) in [5.74, 6) is 0.747. The summed E-state index contributed by atoms with van der Waals surface area (Å²) in [5.41, 5.74) is 0. The fourth-order valence-corrected chi connectivity index (χ4v) is 3.77. The smallest absolute Gasteiger partial charge is 0.168 e. The van der Waals surface area contributed by atoms with Crippen molar-refractivity contribution in [1.29, 1.82) is 0 Å². The molecular formula is C15H27NO2. The largest absolute Gasteiger partial charge is 0.348 e. The standard InChI is InChI=1S/C15H27NO2/c1-2-4-13(5-3-1)12-16-14-6-8-15(9-7-14)17-10-11-18-15/h13-14,16H,1-12H2. The molecule has 1 spiro atoms. The minimum absolute atomic E-state index is 0.191. The molecule has 104 valence electrons. The molecule has 1 saturated heterocycles. The van der Waals surface area contributed by atoms with Gasteiger partial charge < -0.3 is 14.8 Å². The van der Waals surface area contributed by atoms with E-state index in [0.29, 0.717) is 6.04 Å². The first-order valence-electron chi connectivity index (χ1n) is 7.88. The van der Waals surface area contributed by atoms with Crippen LogP contribution in [0.1, 0.15) is 57.8 Å². The average molecular weight is 253 g/mol. The second-order valence-electron chi connectivity index (χ2n) is 6.29. The van der Waals surface area contributed by atoms with Crippen molar-refractivity contribution < 1.29 is 9.47 Å². The Kier molecular flexibility index (Phi) is 4.22. The fourth-order valence-electron chi connectivity index (χ4n) is 3.77. The minimum Gasteiger partial charge on any atom is -0.348 e. The Morgan fingerprint density at radius 3 is 2.22 bits per heavy atom. The van der Waals surface area contributed by atoms with Crippen LogP contribution in [0.2, 0.25) is 0 Å². The summed E-state index contributed by atoms with van der Waals surface area (Å²) in [7, 11) is 0. The van der Waals surface area contributed by atoms with Crippen molar-refractivity contribution in [3.63, 3.8) is 0 Å². The van der Waals surface area contributed by atoms with Crippen LogP contribution in [-0.4, -0.2) is 31.6 Å². The van der Waals surface area contributed by atoms with Crippen molar-refractivity contribution in [1.82, 2.24) is 5.32 Å². The van der Waals surface area contributed by atoms with Crippen LogP contribution >= 0.6 is 0 Å². The third-order valence-electron chi connectivity index (χ3n) is 4.98. The molecule has 0 aromatic heterocycles. The van der Waals surface area contributed by atoms with E-state index in [1.807, 2.05) is 0 Å². The van der Waals surface area contributed by atoms with Crippen LogP contribution in [0.5, 0.6) is 0 Å². The highest BCUT2D eigenvalue weighted by Gasteiger charge is 2.40. The predicted molar refractivity (Wildman–Crippen MR) is 71.5 cm³/mol. The molecular weight excluding hydrogens is 226 g/mol. The zero-order valence-electron chi connectivity index (χ0n) is 11.5. The highest BCUT2D eigenvalue weighted by Crippen LogP contribution is 2.35. The van der Waals surface area contributed by atoms with Crippen LogP contribution < -0.4 is 5.32 Å². The van der Waals surface area contributed by atoms with Gasteiger partial charge in [0, 0.05) is 18.9 Å². The van der Waals surface area contributed by atoms with Crippen LogP contribution in [0.3, 0.4) is 0 Å². The van der Waals surface area contributed by atoms with Gasteiger partial charge in [0.2, 0.25) is 0 Å². The number of hydrogen-bond acceptors (Lipinski definition) is 3. The molecule has 2 saturated carbocycles. The molecule has 3 aliphatic rings. The van der Waals surface area contributed by atoms with Gasteiger partial charge in [0.25, 0.3) is 0 Å². The Morgan fingerprint density at radius 2 is 1.56 bits per heavy atom. The van der Waals surface area contributed by atoms with E-state index in [1.54, 1.807) is 0 Å². The molecule has 0 aromatic carbocycles. The summed E-state index contributed by atoms with van der Waals surface area (Å²) in [6, 6.07) is 0.699. The highest BCUT2D eigenvalue weighted by molar-refractivity contribution is 4.86. The van der Waals surface area contributed by atoms with Gasteiger partial charge in [-0.2, -0.15) is 0 Å². The molecule has 0 amide bonds. The third-order valence-corrected chi connectivity index (χ3v) is 4.98. The van der Waals surface area contributed by atoms with E-state index >= 15 is 0 Å². The second kappa shape index (κ2) is 5.89. The summed E-state index contributed by atoms with van der Waals surface area (Å²) in [6.45, 7) is 2.82. The topological polar surface area (TPSA) is 30.5 Å². The maximum absolute atomic E-state index is 5.77. The van der Waals surface area contributed by atoms with Gasteiger partial charge >= 0.3 is 0 Å². The molecule has 18 heavy (non-hydrogen) atoms. The molecule has 0 unspecified atom stereocenters. The van der Waals surface area contributed by atoms with Gasteiger partial charge in [0.1, 0.15) is 0 Å². The fraction of sp³-hybridized carbons (Fsp3) is 1.00. The van der Waals surface area contributed by atoms with Crippen LogP contribution in [0.15, 0.2) is 0 Å². The van der Waals surface area contributed by atoms with Crippen LogP contribution in [0.4, 0.5) is 0 Å². The summed E-state index contributed by atoms with van der Waals surface area (Å²) >= 11 is 0. The van der Waals surface area contributed by atoms with E-state index in [9.17, 15) is 0 Å². The Hall–Kier alpha value is -0.120. The summed E-state index contributed by atoms with van der Waals surface area (Å²) in [5, 5.41) is 3.79. The first-order chi connectivity index (χ1) is 8.86. The maximum atomic E-state index is 5.77. The first-order valence-corrected chi connectivity index (χ1v) is 7.88. The molecule has 0 radical (unpaired) electrons. The molecule has 3 nitrogen and oxygen atoms in total. The Balaban J connectivity index is 1.37. The van der Waals surface area contributed by atoms with E-state index in [1.165, 1.54) is 51.5 Å². The molecule has 3 rings (SSSR count). The van der Waals surface area contributed by atoms with Crippen molar-refractivity contribution in [2.24, 2.45) is 5.92 Å². The highest BCUT2D eigenvalue weighted by atomic mass is 16.7. The SMILES string of the molecule is C1CCC(CNC2CCC3(CC2)OCCO3)CC1. The Labute approximate surface area is 111 Å². The van der Waals surface area contributed by atoms with Crippen molar-refractivity contribution in [2.75, 3.05) is 19.8 Å². The van der Waals surface area contributed by atoms with Gasteiger partial charge in [-0.05, 0) is 38.1 Å². The first kappa shape index (κ1) is 12.9. The second-order valence-corrected chi connectivity index (χ2v) is 6.29.